The van der Waals surface area contributed by atoms with Gasteiger partial charge in [0.25, 0.3) is 0 Å². The molecule has 0 aromatic heterocycles. The topological polar surface area (TPSA) is 46.3 Å². The van der Waals surface area contributed by atoms with Gasteiger partial charge >= 0.3 is 0 Å². The van der Waals surface area contributed by atoms with Crippen molar-refractivity contribution in [1.82, 2.24) is 4.90 Å². The van der Waals surface area contributed by atoms with E-state index in [0.29, 0.717) is 18.1 Å². The Bertz CT molecular complexity index is 455. The molecule has 0 spiro atoms. The molecule has 1 aromatic rings. The Morgan fingerprint density at radius 1 is 1.37 bits per heavy atom. The summed E-state index contributed by atoms with van der Waals surface area (Å²) in [6, 6.07) is 7.64. The summed E-state index contributed by atoms with van der Waals surface area (Å²) in [7, 11) is 0. The van der Waals surface area contributed by atoms with Crippen molar-refractivity contribution < 1.29 is 4.79 Å². The Hall–Kier alpha value is -1.06. The summed E-state index contributed by atoms with van der Waals surface area (Å²) in [5.74, 6) is 0.0624. The van der Waals surface area contributed by atoms with Gasteiger partial charge < -0.3 is 10.6 Å². The van der Waals surface area contributed by atoms with E-state index in [-0.39, 0.29) is 5.91 Å². The molecule has 4 heteroatoms. The highest BCUT2D eigenvalue weighted by atomic mass is 35.5. The van der Waals surface area contributed by atoms with E-state index in [1.807, 2.05) is 36.1 Å². The third-order valence-electron chi connectivity index (χ3n) is 3.91. The van der Waals surface area contributed by atoms with Crippen LogP contribution >= 0.6 is 11.6 Å². The number of hydrogen-bond donors (Lipinski definition) is 1. The molecular formula is C15H21ClN2O. The van der Waals surface area contributed by atoms with Crippen LogP contribution in [0.15, 0.2) is 24.3 Å². The van der Waals surface area contributed by atoms with Gasteiger partial charge in [0.05, 0.1) is 5.54 Å². The molecule has 0 atom stereocenters. The van der Waals surface area contributed by atoms with Gasteiger partial charge in [0.1, 0.15) is 0 Å². The molecule has 1 fully saturated rings. The first-order valence-corrected chi connectivity index (χ1v) is 7.26. The van der Waals surface area contributed by atoms with Crippen molar-refractivity contribution in [3.8, 4) is 0 Å². The highest BCUT2D eigenvalue weighted by Crippen LogP contribution is 2.30. The lowest BCUT2D eigenvalue weighted by molar-refractivity contribution is -0.137. The van der Waals surface area contributed by atoms with Crippen LogP contribution in [0.1, 0.15) is 38.2 Å². The van der Waals surface area contributed by atoms with Gasteiger partial charge in [0.15, 0.2) is 0 Å². The monoisotopic (exact) mass is 280 g/mol. The van der Waals surface area contributed by atoms with Crippen molar-refractivity contribution in [1.29, 1.82) is 0 Å². The number of hydrogen-bond acceptors (Lipinski definition) is 2. The molecule has 1 amide bonds. The SMILES string of the molecule is CCN(Cc1ccccc1Cl)C(=O)C1(N)CCCC1. The van der Waals surface area contributed by atoms with E-state index >= 15 is 0 Å². The first kappa shape index (κ1) is 14.4. The number of amides is 1. The molecule has 1 saturated carbocycles. The number of nitrogens with two attached hydrogens (primary N) is 1. The van der Waals surface area contributed by atoms with Crippen molar-refractivity contribution in [2.45, 2.75) is 44.7 Å². The van der Waals surface area contributed by atoms with Gasteiger partial charge in [-0.25, -0.2) is 0 Å². The van der Waals surface area contributed by atoms with E-state index in [4.69, 9.17) is 17.3 Å². The Labute approximate surface area is 119 Å². The molecule has 19 heavy (non-hydrogen) atoms. The Morgan fingerprint density at radius 3 is 2.58 bits per heavy atom. The van der Waals surface area contributed by atoms with Gasteiger partial charge in [-0.15, -0.1) is 0 Å². The molecule has 2 N–H and O–H groups in total. The maximum atomic E-state index is 12.6. The van der Waals surface area contributed by atoms with Crippen LogP contribution in [0.4, 0.5) is 0 Å². The highest BCUT2D eigenvalue weighted by molar-refractivity contribution is 6.31. The zero-order valence-corrected chi connectivity index (χ0v) is 12.1. The maximum absolute atomic E-state index is 12.6. The summed E-state index contributed by atoms with van der Waals surface area (Å²) in [4.78, 5) is 14.4. The molecule has 1 aliphatic rings. The van der Waals surface area contributed by atoms with Crippen LogP contribution in [0.2, 0.25) is 5.02 Å². The smallest absolute Gasteiger partial charge is 0.242 e. The molecule has 0 saturated heterocycles. The van der Waals surface area contributed by atoms with E-state index in [1.165, 1.54) is 0 Å². The summed E-state index contributed by atoms with van der Waals surface area (Å²) in [5, 5.41) is 0.700. The van der Waals surface area contributed by atoms with Gasteiger partial charge in [-0.05, 0) is 31.4 Å². The molecule has 0 aliphatic heterocycles. The molecule has 104 valence electrons. The van der Waals surface area contributed by atoms with E-state index in [1.54, 1.807) is 0 Å². The number of likely N-dealkylation sites (N-methyl/N-ethyl adjacent to an activating group) is 1. The summed E-state index contributed by atoms with van der Waals surface area (Å²) in [5.41, 5.74) is 6.56. The summed E-state index contributed by atoms with van der Waals surface area (Å²) < 4.78 is 0. The van der Waals surface area contributed by atoms with E-state index in [0.717, 1.165) is 31.2 Å². The lowest BCUT2D eigenvalue weighted by Gasteiger charge is -2.31. The number of carbonyl (C=O) groups is 1. The predicted octanol–water partition coefficient (Wildman–Crippen LogP) is 2.96. The second-order valence-electron chi connectivity index (χ2n) is 5.27. The summed E-state index contributed by atoms with van der Waals surface area (Å²) in [6.45, 7) is 3.17. The number of nitrogens with zero attached hydrogens (tertiary/aromatic N) is 1. The summed E-state index contributed by atoms with van der Waals surface area (Å²) in [6.07, 6.45) is 3.69. The Balaban J connectivity index is 2.12. The van der Waals surface area contributed by atoms with Crippen molar-refractivity contribution in [3.05, 3.63) is 34.9 Å². The van der Waals surface area contributed by atoms with Gasteiger partial charge in [-0.1, -0.05) is 42.6 Å². The van der Waals surface area contributed by atoms with E-state index in [2.05, 4.69) is 0 Å². The fourth-order valence-electron chi connectivity index (χ4n) is 2.69. The second-order valence-corrected chi connectivity index (χ2v) is 5.68. The average molecular weight is 281 g/mol. The zero-order valence-electron chi connectivity index (χ0n) is 11.4. The van der Waals surface area contributed by atoms with Gasteiger partial charge in [0, 0.05) is 18.1 Å². The quantitative estimate of drug-likeness (QED) is 0.922. The van der Waals surface area contributed by atoms with Crippen LogP contribution in [0.3, 0.4) is 0 Å². The zero-order chi connectivity index (χ0) is 13.9. The normalized spacial score (nSPS) is 17.4. The van der Waals surface area contributed by atoms with Gasteiger partial charge in [-0.3, -0.25) is 4.79 Å². The number of carbonyl (C=O) groups excluding carboxylic acids is 1. The van der Waals surface area contributed by atoms with Crippen LogP contribution < -0.4 is 5.73 Å². The second kappa shape index (κ2) is 5.93. The number of rotatable bonds is 4. The van der Waals surface area contributed by atoms with Gasteiger partial charge in [-0.2, -0.15) is 0 Å². The molecule has 0 unspecified atom stereocenters. The molecule has 1 aliphatic carbocycles. The third-order valence-corrected chi connectivity index (χ3v) is 4.28. The first-order valence-electron chi connectivity index (χ1n) is 6.88. The predicted molar refractivity (Wildman–Crippen MR) is 77.9 cm³/mol. The highest BCUT2D eigenvalue weighted by Gasteiger charge is 2.39. The van der Waals surface area contributed by atoms with E-state index < -0.39 is 5.54 Å². The fraction of sp³-hybridized carbons (Fsp3) is 0.533. The number of benzene rings is 1. The standard InChI is InChI=1S/C15H21ClN2O/c1-2-18(11-12-7-3-4-8-13(12)16)14(19)15(17)9-5-6-10-15/h3-4,7-8H,2,5-6,9-11,17H2,1H3. The van der Waals surface area contributed by atoms with Crippen molar-refractivity contribution in [2.24, 2.45) is 5.73 Å². The van der Waals surface area contributed by atoms with Crippen LogP contribution in [-0.4, -0.2) is 22.9 Å². The minimum absolute atomic E-state index is 0.0624. The third kappa shape index (κ3) is 3.10. The summed E-state index contributed by atoms with van der Waals surface area (Å²) >= 11 is 6.16. The van der Waals surface area contributed by atoms with Crippen LogP contribution in [0.5, 0.6) is 0 Å². The van der Waals surface area contributed by atoms with Gasteiger partial charge in [0.2, 0.25) is 5.91 Å². The van der Waals surface area contributed by atoms with Crippen molar-refractivity contribution in [3.63, 3.8) is 0 Å². The van der Waals surface area contributed by atoms with Crippen molar-refractivity contribution >= 4 is 17.5 Å². The minimum Gasteiger partial charge on any atom is -0.337 e. The molecule has 2 rings (SSSR count). The van der Waals surface area contributed by atoms with Crippen molar-refractivity contribution in [2.75, 3.05) is 6.54 Å². The molecule has 0 bridgehead atoms. The molecular weight excluding hydrogens is 260 g/mol. The fourth-order valence-corrected chi connectivity index (χ4v) is 2.89. The van der Waals surface area contributed by atoms with Crippen LogP contribution in [0.25, 0.3) is 0 Å². The molecule has 0 radical (unpaired) electrons. The minimum atomic E-state index is -0.655. The Kier molecular flexibility index (Phi) is 4.48. The Morgan fingerprint density at radius 2 is 2.00 bits per heavy atom. The molecule has 0 heterocycles. The maximum Gasteiger partial charge on any atom is 0.242 e. The first-order chi connectivity index (χ1) is 9.07. The lowest BCUT2D eigenvalue weighted by Crippen LogP contribution is -2.53. The molecule has 3 nitrogen and oxygen atoms in total. The number of halogens is 1. The van der Waals surface area contributed by atoms with Crippen LogP contribution in [-0.2, 0) is 11.3 Å². The van der Waals surface area contributed by atoms with E-state index in [9.17, 15) is 4.79 Å². The molecule has 1 aromatic carbocycles. The average Bonchev–Trinajstić information content (AvgIpc) is 2.85. The lowest BCUT2D eigenvalue weighted by atomic mass is 9.97. The van der Waals surface area contributed by atoms with Crippen LogP contribution in [0, 0.1) is 0 Å². The largest absolute Gasteiger partial charge is 0.337 e.